The molecule has 100 valence electrons. The quantitative estimate of drug-likeness (QED) is 0.899. The van der Waals surface area contributed by atoms with E-state index in [0.717, 1.165) is 23.0 Å². The van der Waals surface area contributed by atoms with E-state index in [1.54, 1.807) is 0 Å². The number of benzene rings is 1. The minimum absolute atomic E-state index is 0.268. The Morgan fingerprint density at radius 1 is 1.39 bits per heavy atom. The van der Waals surface area contributed by atoms with Crippen LogP contribution in [-0.4, -0.2) is 40.9 Å². The molecule has 0 spiro atoms. The van der Waals surface area contributed by atoms with Gasteiger partial charge in [-0.1, -0.05) is 35.0 Å². The predicted octanol–water partition coefficient (Wildman–Crippen LogP) is 2.19. The van der Waals surface area contributed by atoms with Crippen LogP contribution in [0.3, 0.4) is 0 Å². The molecule has 1 heterocycles. The van der Waals surface area contributed by atoms with Gasteiger partial charge in [0, 0.05) is 17.6 Å². The first-order valence-electron chi connectivity index (χ1n) is 6.40. The molecule has 2 rings (SSSR count). The van der Waals surface area contributed by atoms with E-state index < -0.39 is 6.10 Å². The molecule has 3 nitrogen and oxygen atoms in total. The summed E-state index contributed by atoms with van der Waals surface area (Å²) in [6, 6.07) is 7.73. The molecule has 0 aromatic heterocycles. The molecule has 1 saturated heterocycles. The zero-order valence-corrected chi connectivity index (χ0v) is 12.2. The molecule has 1 aromatic carbocycles. The van der Waals surface area contributed by atoms with E-state index in [2.05, 4.69) is 27.8 Å². The number of β-amino-alcohol motifs (C(OH)–C–C–N with tert-alkyl or cyclic N) is 2. The first kappa shape index (κ1) is 14.0. The van der Waals surface area contributed by atoms with E-state index in [0.29, 0.717) is 19.0 Å². The molecule has 1 aliphatic rings. The van der Waals surface area contributed by atoms with Crippen LogP contribution >= 0.6 is 15.9 Å². The Morgan fingerprint density at radius 2 is 2.06 bits per heavy atom. The number of nitrogens with zero attached hydrogens (tertiary/aromatic N) is 1. The van der Waals surface area contributed by atoms with Crippen LogP contribution in [0.5, 0.6) is 0 Å². The minimum atomic E-state index is -0.487. The summed E-state index contributed by atoms with van der Waals surface area (Å²) in [5, 5.41) is 20.0. The second kappa shape index (κ2) is 6.15. The van der Waals surface area contributed by atoms with Crippen molar-refractivity contribution >= 4 is 15.9 Å². The third kappa shape index (κ3) is 3.54. The minimum Gasteiger partial charge on any atom is -0.392 e. The number of hydrogen-bond acceptors (Lipinski definition) is 3. The fraction of sp³-hybridized carbons (Fsp3) is 0.571. The van der Waals surface area contributed by atoms with E-state index in [9.17, 15) is 10.2 Å². The monoisotopic (exact) mass is 313 g/mol. The Bertz CT molecular complexity index is 382. The van der Waals surface area contributed by atoms with Crippen molar-refractivity contribution in [2.45, 2.75) is 25.6 Å². The highest BCUT2D eigenvalue weighted by Gasteiger charge is 2.25. The maximum Gasteiger partial charge on any atom is 0.0916 e. The zero-order valence-electron chi connectivity index (χ0n) is 10.6. The Hall–Kier alpha value is -0.420. The molecule has 0 aliphatic carbocycles. The third-order valence-corrected chi connectivity index (χ3v) is 4.22. The molecule has 18 heavy (non-hydrogen) atoms. The highest BCUT2D eigenvalue weighted by molar-refractivity contribution is 9.10. The molecule has 2 N–H and O–H groups in total. The number of aliphatic hydroxyl groups excluding tert-OH is 2. The number of piperidine rings is 1. The Kier molecular flexibility index (Phi) is 4.78. The highest BCUT2D eigenvalue weighted by atomic mass is 79.9. The van der Waals surface area contributed by atoms with Crippen LogP contribution in [0.15, 0.2) is 28.7 Å². The number of likely N-dealkylation sites (tertiary alicyclic amines) is 1. The normalized spacial score (nSPS) is 27.1. The first-order valence-corrected chi connectivity index (χ1v) is 7.19. The lowest BCUT2D eigenvalue weighted by Crippen LogP contribution is -2.44. The van der Waals surface area contributed by atoms with Crippen LogP contribution in [0.1, 0.15) is 25.0 Å². The van der Waals surface area contributed by atoms with Gasteiger partial charge in [0.25, 0.3) is 0 Å². The Balaban J connectivity index is 1.91. The van der Waals surface area contributed by atoms with Gasteiger partial charge in [-0.3, -0.25) is 4.90 Å². The number of halogens is 1. The lowest BCUT2D eigenvalue weighted by molar-refractivity contribution is 0.00859. The summed E-state index contributed by atoms with van der Waals surface area (Å²) in [7, 11) is 0. The van der Waals surface area contributed by atoms with Crippen LogP contribution < -0.4 is 0 Å². The summed E-state index contributed by atoms with van der Waals surface area (Å²) in [6.07, 6.45) is 0.239. The SMILES string of the molecule is CC1CCN(CC(O)c2ccc(Br)cc2)CC1O. The summed E-state index contributed by atoms with van der Waals surface area (Å²) >= 11 is 3.38. The van der Waals surface area contributed by atoms with Gasteiger partial charge in [-0.15, -0.1) is 0 Å². The van der Waals surface area contributed by atoms with Gasteiger partial charge in [0.1, 0.15) is 0 Å². The van der Waals surface area contributed by atoms with Crippen LogP contribution in [0.4, 0.5) is 0 Å². The molecule has 1 aliphatic heterocycles. The van der Waals surface area contributed by atoms with Crippen molar-refractivity contribution in [1.29, 1.82) is 0 Å². The second-order valence-corrected chi connectivity index (χ2v) is 6.08. The second-order valence-electron chi connectivity index (χ2n) is 5.16. The first-order chi connectivity index (χ1) is 8.56. The maximum atomic E-state index is 10.2. The summed E-state index contributed by atoms with van der Waals surface area (Å²) in [6.45, 7) is 4.28. The zero-order chi connectivity index (χ0) is 13.1. The molecular formula is C14H20BrNO2. The maximum absolute atomic E-state index is 10.2. The number of hydrogen-bond donors (Lipinski definition) is 2. The van der Waals surface area contributed by atoms with Crippen LogP contribution in [0, 0.1) is 5.92 Å². The van der Waals surface area contributed by atoms with E-state index in [-0.39, 0.29) is 6.10 Å². The molecule has 0 saturated carbocycles. The van der Waals surface area contributed by atoms with Crippen LogP contribution in [0.25, 0.3) is 0 Å². The fourth-order valence-corrected chi connectivity index (χ4v) is 2.58. The van der Waals surface area contributed by atoms with Crippen molar-refractivity contribution in [3.05, 3.63) is 34.3 Å². The van der Waals surface area contributed by atoms with Crippen molar-refractivity contribution in [2.24, 2.45) is 5.92 Å². The molecule has 3 unspecified atom stereocenters. The van der Waals surface area contributed by atoms with Gasteiger partial charge in [-0.05, 0) is 36.6 Å². The fourth-order valence-electron chi connectivity index (χ4n) is 2.32. The number of rotatable bonds is 3. The molecule has 0 bridgehead atoms. The van der Waals surface area contributed by atoms with Gasteiger partial charge in [-0.25, -0.2) is 0 Å². The van der Waals surface area contributed by atoms with Gasteiger partial charge in [0.15, 0.2) is 0 Å². The van der Waals surface area contributed by atoms with Crippen molar-refractivity contribution in [1.82, 2.24) is 4.90 Å². The average Bonchev–Trinajstić information content (AvgIpc) is 2.34. The van der Waals surface area contributed by atoms with Crippen molar-refractivity contribution in [3.63, 3.8) is 0 Å². The summed E-state index contributed by atoms with van der Waals surface area (Å²) < 4.78 is 1.01. The number of aliphatic hydroxyl groups is 2. The van der Waals surface area contributed by atoms with E-state index in [1.807, 2.05) is 24.3 Å². The van der Waals surface area contributed by atoms with E-state index in [1.165, 1.54) is 0 Å². The molecular weight excluding hydrogens is 294 g/mol. The van der Waals surface area contributed by atoms with Crippen molar-refractivity contribution in [3.8, 4) is 0 Å². The highest BCUT2D eigenvalue weighted by Crippen LogP contribution is 2.21. The van der Waals surface area contributed by atoms with E-state index in [4.69, 9.17) is 0 Å². The lowest BCUT2D eigenvalue weighted by atomic mass is 9.95. The average molecular weight is 314 g/mol. The smallest absolute Gasteiger partial charge is 0.0916 e. The van der Waals surface area contributed by atoms with Crippen molar-refractivity contribution < 1.29 is 10.2 Å². The van der Waals surface area contributed by atoms with Crippen molar-refractivity contribution in [2.75, 3.05) is 19.6 Å². The van der Waals surface area contributed by atoms with Gasteiger partial charge in [0.05, 0.1) is 12.2 Å². The van der Waals surface area contributed by atoms with Crippen LogP contribution in [-0.2, 0) is 0 Å². The third-order valence-electron chi connectivity index (χ3n) is 3.69. The Labute approximate surface area is 117 Å². The molecule has 1 fully saturated rings. The molecule has 3 atom stereocenters. The van der Waals surface area contributed by atoms with E-state index >= 15 is 0 Å². The van der Waals surface area contributed by atoms with Crippen LogP contribution in [0.2, 0.25) is 0 Å². The predicted molar refractivity (Wildman–Crippen MR) is 75.3 cm³/mol. The molecule has 1 aromatic rings. The summed E-state index contributed by atoms with van der Waals surface area (Å²) in [4.78, 5) is 2.14. The Morgan fingerprint density at radius 3 is 2.67 bits per heavy atom. The van der Waals surface area contributed by atoms with Gasteiger partial charge in [-0.2, -0.15) is 0 Å². The molecule has 4 heteroatoms. The summed E-state index contributed by atoms with van der Waals surface area (Å²) in [5.74, 6) is 0.367. The topological polar surface area (TPSA) is 43.7 Å². The van der Waals surface area contributed by atoms with Gasteiger partial charge < -0.3 is 10.2 Å². The summed E-state index contributed by atoms with van der Waals surface area (Å²) in [5.41, 5.74) is 0.923. The van der Waals surface area contributed by atoms with Gasteiger partial charge in [0.2, 0.25) is 0 Å². The molecule has 0 radical (unpaired) electrons. The van der Waals surface area contributed by atoms with Gasteiger partial charge >= 0.3 is 0 Å². The largest absolute Gasteiger partial charge is 0.392 e. The standard InChI is InChI=1S/C14H20BrNO2/c1-10-6-7-16(8-13(10)17)9-14(18)11-2-4-12(15)5-3-11/h2-5,10,13-14,17-18H,6-9H2,1H3. The molecule has 0 amide bonds. The lowest BCUT2D eigenvalue weighted by Gasteiger charge is -2.35.